The van der Waals surface area contributed by atoms with Gasteiger partial charge in [0.1, 0.15) is 16.5 Å². The molecule has 0 spiro atoms. The van der Waals surface area contributed by atoms with E-state index >= 15 is 0 Å². The van der Waals surface area contributed by atoms with E-state index in [-0.39, 0.29) is 11.5 Å². The first-order chi connectivity index (χ1) is 6.65. The summed E-state index contributed by atoms with van der Waals surface area (Å²) in [7, 11) is 0. The van der Waals surface area contributed by atoms with Gasteiger partial charge in [0, 0.05) is 11.6 Å². The minimum Gasteiger partial charge on any atom is -0.508 e. The summed E-state index contributed by atoms with van der Waals surface area (Å²) in [5.41, 5.74) is 0.669. The quantitative estimate of drug-likeness (QED) is 0.791. The number of hydrogen-bond acceptors (Lipinski definition) is 5. The highest BCUT2D eigenvalue weighted by molar-refractivity contribution is 14.1. The Hall–Kier alpha value is -0.890. The van der Waals surface area contributed by atoms with Crippen LogP contribution in [0.1, 0.15) is 0 Å². The predicted molar refractivity (Wildman–Crippen MR) is 61.4 cm³/mol. The van der Waals surface area contributed by atoms with Gasteiger partial charge in [0.15, 0.2) is 3.01 Å². The number of phenols is 2. The molecule has 0 aliphatic heterocycles. The van der Waals surface area contributed by atoms with E-state index in [1.807, 2.05) is 0 Å². The first-order valence-corrected chi connectivity index (χ1v) is 5.57. The Morgan fingerprint density at radius 3 is 2.21 bits per heavy atom. The number of hydrogen-bond donors (Lipinski definition) is 2. The summed E-state index contributed by atoms with van der Waals surface area (Å²) in [6.45, 7) is 0. The third-order valence-electron chi connectivity index (χ3n) is 1.55. The maximum absolute atomic E-state index is 9.26. The second-order valence-electron chi connectivity index (χ2n) is 2.60. The topological polar surface area (TPSA) is 66.2 Å². The van der Waals surface area contributed by atoms with Gasteiger partial charge in [0.2, 0.25) is 0 Å². The van der Waals surface area contributed by atoms with Gasteiger partial charge in [-0.3, -0.25) is 0 Å². The van der Waals surface area contributed by atoms with E-state index in [2.05, 4.69) is 32.8 Å². The van der Waals surface area contributed by atoms with Crippen molar-refractivity contribution < 1.29 is 10.2 Å². The van der Waals surface area contributed by atoms with Gasteiger partial charge in [-0.1, -0.05) is 11.3 Å². The Labute approximate surface area is 97.4 Å². The van der Waals surface area contributed by atoms with Crippen LogP contribution in [0.4, 0.5) is 0 Å². The second kappa shape index (κ2) is 3.70. The maximum Gasteiger partial charge on any atom is 0.178 e. The summed E-state index contributed by atoms with van der Waals surface area (Å²) in [5.74, 6) is 0.0374. The molecule has 1 aromatic carbocycles. The van der Waals surface area contributed by atoms with Crippen molar-refractivity contribution in [2.24, 2.45) is 0 Å². The maximum atomic E-state index is 9.26. The molecule has 4 nitrogen and oxygen atoms in total. The Morgan fingerprint density at radius 2 is 1.71 bits per heavy atom. The zero-order valence-electron chi connectivity index (χ0n) is 6.81. The second-order valence-corrected chi connectivity index (χ2v) is 5.33. The summed E-state index contributed by atoms with van der Waals surface area (Å²) in [6, 6.07) is 4.35. The van der Waals surface area contributed by atoms with E-state index in [1.54, 1.807) is 0 Å². The van der Waals surface area contributed by atoms with Crippen LogP contribution in [0, 0.1) is 3.01 Å². The standard InChI is InChI=1S/C8H5IN2O2S/c9-8-11-10-7(14-8)4-1-5(12)3-6(13)2-4/h1-3,12-13H. The van der Waals surface area contributed by atoms with E-state index in [4.69, 9.17) is 0 Å². The number of aromatic nitrogens is 2. The lowest BCUT2D eigenvalue weighted by Crippen LogP contribution is -1.77. The highest BCUT2D eigenvalue weighted by Gasteiger charge is 2.07. The van der Waals surface area contributed by atoms with Crippen molar-refractivity contribution >= 4 is 33.9 Å². The Kier molecular flexibility index (Phi) is 2.55. The Morgan fingerprint density at radius 1 is 1.07 bits per heavy atom. The van der Waals surface area contributed by atoms with Crippen molar-refractivity contribution in [3.05, 3.63) is 21.2 Å². The van der Waals surface area contributed by atoms with E-state index < -0.39 is 0 Å². The molecule has 1 heterocycles. The van der Waals surface area contributed by atoms with Crippen LogP contribution in [-0.2, 0) is 0 Å². The summed E-state index contributed by atoms with van der Waals surface area (Å²) >= 11 is 3.47. The van der Waals surface area contributed by atoms with Crippen LogP contribution >= 0.6 is 33.9 Å². The highest BCUT2D eigenvalue weighted by Crippen LogP contribution is 2.30. The fourth-order valence-corrected chi connectivity index (χ4v) is 2.33. The van der Waals surface area contributed by atoms with Gasteiger partial charge in [-0.05, 0) is 34.7 Å². The summed E-state index contributed by atoms with van der Waals surface area (Å²) in [4.78, 5) is 0. The molecule has 14 heavy (non-hydrogen) atoms. The number of halogens is 1. The highest BCUT2D eigenvalue weighted by atomic mass is 127. The molecule has 2 rings (SSSR count). The van der Waals surface area contributed by atoms with Crippen LogP contribution in [0.5, 0.6) is 11.5 Å². The van der Waals surface area contributed by atoms with Crippen molar-refractivity contribution in [3.8, 4) is 22.1 Å². The van der Waals surface area contributed by atoms with Gasteiger partial charge in [-0.15, -0.1) is 10.2 Å². The fraction of sp³-hybridized carbons (Fsp3) is 0. The van der Waals surface area contributed by atoms with Crippen molar-refractivity contribution in [1.82, 2.24) is 10.2 Å². The molecule has 6 heteroatoms. The van der Waals surface area contributed by atoms with E-state index in [0.29, 0.717) is 10.6 Å². The molecule has 0 unspecified atom stereocenters. The molecule has 0 aliphatic carbocycles. The van der Waals surface area contributed by atoms with Gasteiger partial charge in [0.05, 0.1) is 0 Å². The third kappa shape index (κ3) is 1.95. The van der Waals surface area contributed by atoms with Gasteiger partial charge < -0.3 is 10.2 Å². The number of nitrogens with zero attached hydrogens (tertiary/aromatic N) is 2. The monoisotopic (exact) mass is 320 g/mol. The zero-order valence-corrected chi connectivity index (χ0v) is 9.78. The van der Waals surface area contributed by atoms with E-state index in [1.165, 1.54) is 29.5 Å². The average molecular weight is 320 g/mol. The van der Waals surface area contributed by atoms with Crippen LogP contribution in [0.15, 0.2) is 18.2 Å². The van der Waals surface area contributed by atoms with E-state index in [0.717, 1.165) is 3.01 Å². The summed E-state index contributed by atoms with van der Waals surface area (Å²) in [6.07, 6.45) is 0. The minimum atomic E-state index is 0.0187. The van der Waals surface area contributed by atoms with Gasteiger partial charge in [0.25, 0.3) is 0 Å². The minimum absolute atomic E-state index is 0.0187. The fourth-order valence-electron chi connectivity index (χ4n) is 1.04. The lowest BCUT2D eigenvalue weighted by Gasteiger charge is -1.98. The number of phenolic OH excluding ortho intramolecular Hbond substituents is 2. The van der Waals surface area contributed by atoms with Crippen molar-refractivity contribution in [1.29, 1.82) is 0 Å². The first kappa shape index (κ1) is 9.66. The zero-order chi connectivity index (χ0) is 10.1. The largest absolute Gasteiger partial charge is 0.508 e. The molecule has 0 saturated heterocycles. The lowest BCUT2D eigenvalue weighted by atomic mass is 10.2. The third-order valence-corrected chi connectivity index (χ3v) is 3.19. The van der Waals surface area contributed by atoms with Gasteiger partial charge >= 0.3 is 0 Å². The van der Waals surface area contributed by atoms with Crippen LogP contribution in [0.3, 0.4) is 0 Å². The summed E-state index contributed by atoms with van der Waals surface area (Å²) in [5, 5.41) is 26.9. The van der Waals surface area contributed by atoms with Crippen molar-refractivity contribution in [2.75, 3.05) is 0 Å². The molecule has 0 fully saturated rings. The molecule has 2 N–H and O–H groups in total. The summed E-state index contributed by atoms with van der Waals surface area (Å²) < 4.78 is 0.820. The molecule has 0 aliphatic rings. The molecule has 1 aromatic heterocycles. The van der Waals surface area contributed by atoms with Crippen molar-refractivity contribution in [3.63, 3.8) is 0 Å². The van der Waals surface area contributed by atoms with Crippen LogP contribution in [0.2, 0.25) is 0 Å². The lowest BCUT2D eigenvalue weighted by molar-refractivity contribution is 0.451. The molecule has 0 radical (unpaired) electrons. The van der Waals surface area contributed by atoms with Crippen LogP contribution in [0.25, 0.3) is 10.6 Å². The number of rotatable bonds is 1. The predicted octanol–water partition coefficient (Wildman–Crippen LogP) is 2.22. The molecule has 72 valence electrons. The number of benzene rings is 1. The van der Waals surface area contributed by atoms with Gasteiger partial charge in [-0.25, -0.2) is 0 Å². The Bertz CT molecular complexity index is 452. The first-order valence-electron chi connectivity index (χ1n) is 3.67. The van der Waals surface area contributed by atoms with Crippen LogP contribution < -0.4 is 0 Å². The number of aromatic hydroxyl groups is 2. The van der Waals surface area contributed by atoms with Crippen molar-refractivity contribution in [2.45, 2.75) is 0 Å². The van der Waals surface area contributed by atoms with Gasteiger partial charge in [-0.2, -0.15) is 0 Å². The smallest absolute Gasteiger partial charge is 0.178 e. The molecular formula is C8H5IN2O2S. The molecule has 0 amide bonds. The molecule has 0 saturated carbocycles. The molecular weight excluding hydrogens is 315 g/mol. The SMILES string of the molecule is Oc1cc(O)cc(-c2nnc(I)s2)c1. The normalized spacial score (nSPS) is 10.4. The molecule has 2 aromatic rings. The Balaban J connectivity index is 2.51. The van der Waals surface area contributed by atoms with E-state index in [9.17, 15) is 10.2 Å². The van der Waals surface area contributed by atoms with Crippen LogP contribution in [-0.4, -0.2) is 20.4 Å². The molecule has 0 atom stereocenters. The average Bonchev–Trinajstić information content (AvgIpc) is 2.50. The molecule has 0 bridgehead atoms.